The fourth-order valence-corrected chi connectivity index (χ4v) is 3.66. The summed E-state index contributed by atoms with van der Waals surface area (Å²) < 4.78 is 30.0. The molecule has 0 aromatic rings. The summed E-state index contributed by atoms with van der Waals surface area (Å²) in [7, 11) is -3.92. The zero-order valence-corrected chi connectivity index (χ0v) is 14.9. The van der Waals surface area contributed by atoms with Crippen LogP contribution in [0.3, 0.4) is 0 Å². The monoisotopic (exact) mass is 336 g/mol. The van der Waals surface area contributed by atoms with E-state index in [2.05, 4.69) is 22.2 Å². The minimum Gasteiger partial charge on any atom is -0.342 e. The molecule has 1 fully saturated rings. The topological polar surface area (TPSA) is 72.8 Å². The molecule has 1 saturated heterocycles. The first-order valence-corrected chi connectivity index (χ1v) is 10.1. The largest absolute Gasteiger partial charge is 0.409 e. The number of unbranched alkanes of at least 4 members (excludes halogenated alkanes) is 7. The molecule has 1 N–H and O–H groups in total. The van der Waals surface area contributed by atoms with E-state index < -0.39 is 16.4 Å². The van der Waals surface area contributed by atoms with Gasteiger partial charge in [-0.05, 0) is 12.3 Å². The van der Waals surface area contributed by atoms with Crippen molar-refractivity contribution in [3.8, 4) is 0 Å². The Bertz CT molecular complexity index is 381. The van der Waals surface area contributed by atoms with Crippen molar-refractivity contribution in [2.45, 2.75) is 96.9 Å². The van der Waals surface area contributed by atoms with Crippen LogP contribution in [0.2, 0.25) is 0 Å². The zero-order valence-electron chi connectivity index (χ0n) is 14.1. The standard InChI is InChI=1S/C16H32O5S/c1-3-4-5-6-7-8-9-12-15(2)13-10-11-14-16(17)20-22(18,19)21-16/h15,17H,3-14H2,1-2H3. The Morgan fingerprint density at radius 2 is 1.41 bits per heavy atom. The zero-order chi connectivity index (χ0) is 16.5. The van der Waals surface area contributed by atoms with Crippen molar-refractivity contribution < 1.29 is 21.9 Å². The summed E-state index contributed by atoms with van der Waals surface area (Å²) in [6.07, 6.45) is 13.6. The third-order valence-corrected chi connectivity index (χ3v) is 5.13. The van der Waals surface area contributed by atoms with Gasteiger partial charge in [-0.25, -0.2) is 0 Å². The molecule has 0 bridgehead atoms. The number of hydrogen-bond donors (Lipinski definition) is 1. The molecule has 1 unspecified atom stereocenters. The predicted molar refractivity (Wildman–Crippen MR) is 86.3 cm³/mol. The smallest absolute Gasteiger partial charge is 0.342 e. The lowest BCUT2D eigenvalue weighted by atomic mass is 9.96. The van der Waals surface area contributed by atoms with Gasteiger partial charge in [-0.15, -0.1) is 0 Å². The molecule has 6 heteroatoms. The first-order valence-electron chi connectivity index (χ1n) is 8.75. The van der Waals surface area contributed by atoms with Crippen LogP contribution in [-0.2, 0) is 18.8 Å². The van der Waals surface area contributed by atoms with E-state index in [9.17, 15) is 13.5 Å². The van der Waals surface area contributed by atoms with Crippen LogP contribution in [-0.4, -0.2) is 19.5 Å². The molecule has 132 valence electrons. The van der Waals surface area contributed by atoms with E-state index in [0.717, 1.165) is 12.8 Å². The van der Waals surface area contributed by atoms with Crippen LogP contribution in [0.1, 0.15) is 90.9 Å². The fourth-order valence-electron chi connectivity index (χ4n) is 2.84. The van der Waals surface area contributed by atoms with Gasteiger partial charge in [0.2, 0.25) is 0 Å². The summed E-state index contributed by atoms with van der Waals surface area (Å²) in [5.74, 6) is -1.22. The highest BCUT2D eigenvalue weighted by atomic mass is 32.3. The first-order chi connectivity index (χ1) is 10.4. The van der Waals surface area contributed by atoms with E-state index in [-0.39, 0.29) is 6.42 Å². The average Bonchev–Trinajstić information content (AvgIpc) is 2.40. The van der Waals surface area contributed by atoms with Crippen molar-refractivity contribution in [3.63, 3.8) is 0 Å². The average molecular weight is 336 g/mol. The van der Waals surface area contributed by atoms with Crippen LogP contribution in [0.4, 0.5) is 0 Å². The van der Waals surface area contributed by atoms with Crippen LogP contribution >= 0.6 is 0 Å². The SMILES string of the molecule is CCCCCCCCCC(C)CCCCC1(O)OS(=O)(=O)O1. The maximum Gasteiger partial charge on any atom is 0.409 e. The van der Waals surface area contributed by atoms with Crippen molar-refractivity contribution >= 4 is 10.4 Å². The Morgan fingerprint density at radius 3 is 1.95 bits per heavy atom. The lowest BCUT2D eigenvalue weighted by molar-refractivity contribution is -0.329. The number of aliphatic hydroxyl groups is 1. The molecule has 22 heavy (non-hydrogen) atoms. The second-order valence-electron chi connectivity index (χ2n) is 6.55. The van der Waals surface area contributed by atoms with Crippen LogP contribution in [0, 0.1) is 5.92 Å². The van der Waals surface area contributed by atoms with Crippen LogP contribution < -0.4 is 0 Å². The highest BCUT2D eigenvalue weighted by Gasteiger charge is 2.50. The van der Waals surface area contributed by atoms with Gasteiger partial charge in [0.25, 0.3) is 0 Å². The van der Waals surface area contributed by atoms with Gasteiger partial charge in [0.15, 0.2) is 0 Å². The van der Waals surface area contributed by atoms with E-state index in [4.69, 9.17) is 0 Å². The van der Waals surface area contributed by atoms with Crippen molar-refractivity contribution in [3.05, 3.63) is 0 Å². The molecule has 5 nitrogen and oxygen atoms in total. The van der Waals surface area contributed by atoms with E-state index in [1.165, 1.54) is 51.4 Å². The summed E-state index contributed by atoms with van der Waals surface area (Å²) in [5.41, 5.74) is 0. The normalized spacial score (nSPS) is 20.5. The Labute approximate surface area is 135 Å². The first kappa shape index (κ1) is 19.9. The van der Waals surface area contributed by atoms with Gasteiger partial charge < -0.3 is 5.11 Å². The van der Waals surface area contributed by atoms with Gasteiger partial charge >= 0.3 is 16.4 Å². The van der Waals surface area contributed by atoms with Gasteiger partial charge in [-0.3, -0.25) is 0 Å². The second-order valence-corrected chi connectivity index (χ2v) is 7.70. The van der Waals surface area contributed by atoms with E-state index >= 15 is 0 Å². The number of rotatable bonds is 13. The lowest BCUT2D eigenvalue weighted by Gasteiger charge is -2.33. The summed E-state index contributed by atoms with van der Waals surface area (Å²) in [6, 6.07) is 0. The Morgan fingerprint density at radius 1 is 0.909 bits per heavy atom. The molecule has 1 atom stereocenters. The Hall–Kier alpha value is -0.170. The molecule has 1 rings (SSSR count). The molecule has 1 aliphatic rings. The molecule has 0 spiro atoms. The molecule has 0 radical (unpaired) electrons. The summed E-state index contributed by atoms with van der Waals surface area (Å²) in [6.45, 7) is 4.50. The third-order valence-electron chi connectivity index (χ3n) is 4.20. The molecular weight excluding hydrogens is 304 g/mol. The quantitative estimate of drug-likeness (QED) is 0.509. The maximum atomic E-state index is 10.7. The molecule has 0 saturated carbocycles. The van der Waals surface area contributed by atoms with Gasteiger partial charge in [-0.1, -0.05) is 78.1 Å². The number of hydrogen-bond acceptors (Lipinski definition) is 5. The van der Waals surface area contributed by atoms with E-state index in [1.807, 2.05) is 0 Å². The highest BCUT2D eigenvalue weighted by molar-refractivity contribution is 7.82. The maximum absolute atomic E-state index is 10.7. The summed E-state index contributed by atoms with van der Waals surface area (Å²) in [5, 5.41) is 9.55. The van der Waals surface area contributed by atoms with Crippen molar-refractivity contribution in [1.29, 1.82) is 0 Å². The van der Waals surface area contributed by atoms with Gasteiger partial charge in [-0.2, -0.15) is 16.8 Å². The minimum atomic E-state index is -3.92. The summed E-state index contributed by atoms with van der Waals surface area (Å²) in [4.78, 5) is 0. The molecule has 1 heterocycles. The van der Waals surface area contributed by atoms with Gasteiger partial charge in [0, 0.05) is 6.42 Å². The van der Waals surface area contributed by atoms with Crippen LogP contribution in [0.15, 0.2) is 0 Å². The van der Waals surface area contributed by atoms with Crippen molar-refractivity contribution in [2.24, 2.45) is 5.92 Å². The third kappa shape index (κ3) is 8.46. The molecule has 0 amide bonds. The lowest BCUT2D eigenvalue weighted by Crippen LogP contribution is -2.50. The van der Waals surface area contributed by atoms with Crippen LogP contribution in [0.25, 0.3) is 0 Å². The van der Waals surface area contributed by atoms with E-state index in [0.29, 0.717) is 12.3 Å². The summed E-state index contributed by atoms with van der Waals surface area (Å²) >= 11 is 0. The molecular formula is C16H32O5S. The second kappa shape index (κ2) is 9.85. The minimum absolute atomic E-state index is 0.205. The van der Waals surface area contributed by atoms with Crippen molar-refractivity contribution in [1.82, 2.24) is 0 Å². The fraction of sp³-hybridized carbons (Fsp3) is 1.00. The van der Waals surface area contributed by atoms with Gasteiger partial charge in [0.1, 0.15) is 0 Å². The Balaban J connectivity index is 1.90. The molecule has 1 aliphatic heterocycles. The van der Waals surface area contributed by atoms with Crippen molar-refractivity contribution in [2.75, 3.05) is 0 Å². The highest BCUT2D eigenvalue weighted by Crippen LogP contribution is 2.33. The molecule has 0 aliphatic carbocycles. The van der Waals surface area contributed by atoms with Crippen LogP contribution in [0.5, 0.6) is 0 Å². The van der Waals surface area contributed by atoms with E-state index in [1.54, 1.807) is 0 Å². The molecule has 0 aromatic heterocycles. The predicted octanol–water partition coefficient (Wildman–Crippen LogP) is 4.26. The van der Waals surface area contributed by atoms with Gasteiger partial charge in [0.05, 0.1) is 0 Å². The molecule has 0 aromatic carbocycles. The Kier molecular flexibility index (Phi) is 8.90.